The van der Waals surface area contributed by atoms with Crippen LogP contribution in [-0.4, -0.2) is 29.3 Å². The molecule has 1 aliphatic heterocycles. The fourth-order valence-electron chi connectivity index (χ4n) is 1.59. The average Bonchev–Trinajstić information content (AvgIpc) is 2.56. The summed E-state index contributed by atoms with van der Waals surface area (Å²) in [6, 6.07) is 3.76. The van der Waals surface area contributed by atoms with Crippen LogP contribution in [0.4, 0.5) is 0 Å². The number of nitrogens with zero attached hydrogens (tertiary/aromatic N) is 2. The number of allylic oxidation sites excluding steroid dienone is 1. The van der Waals surface area contributed by atoms with E-state index >= 15 is 0 Å². The Morgan fingerprint density at radius 2 is 2.31 bits per heavy atom. The molecule has 0 spiro atoms. The molecule has 1 aromatic heterocycles. The lowest BCUT2D eigenvalue weighted by Crippen LogP contribution is -2.06. The molecule has 0 saturated carbocycles. The van der Waals surface area contributed by atoms with Crippen molar-refractivity contribution in [1.29, 1.82) is 0 Å². The molecule has 1 aromatic rings. The van der Waals surface area contributed by atoms with E-state index in [2.05, 4.69) is 0 Å². The maximum atomic E-state index is 11.7. The Bertz CT molecular complexity index is 374. The first-order valence-electron chi connectivity index (χ1n) is 4.25. The number of aromatic nitrogens is 1. The third kappa shape index (κ3) is 1.26. The lowest BCUT2D eigenvalue weighted by Gasteiger charge is -2.05. The molecule has 1 aliphatic rings. The third-order valence-electron chi connectivity index (χ3n) is 2.11. The highest BCUT2D eigenvalue weighted by Gasteiger charge is 2.23. The number of rotatable bonds is 1. The van der Waals surface area contributed by atoms with Crippen LogP contribution in [0.1, 0.15) is 10.5 Å². The third-order valence-corrected chi connectivity index (χ3v) is 2.11. The van der Waals surface area contributed by atoms with E-state index in [-0.39, 0.29) is 5.78 Å². The molecule has 0 amide bonds. The number of Topliss-reactive ketones (excluding diaryl/α,β-unsaturated/α-hetero) is 1. The first-order valence-corrected chi connectivity index (χ1v) is 4.25. The van der Waals surface area contributed by atoms with Gasteiger partial charge in [0, 0.05) is 32.1 Å². The number of carbonyl (C=O) groups is 1. The van der Waals surface area contributed by atoms with Crippen LogP contribution in [0.2, 0.25) is 0 Å². The van der Waals surface area contributed by atoms with Crippen LogP contribution in [0, 0.1) is 0 Å². The van der Waals surface area contributed by atoms with Crippen LogP contribution in [0.15, 0.2) is 30.1 Å². The van der Waals surface area contributed by atoms with Gasteiger partial charge in [0.1, 0.15) is 0 Å². The highest BCUT2D eigenvalue weighted by molar-refractivity contribution is 6.09. The normalized spacial score (nSPS) is 18.0. The van der Waals surface area contributed by atoms with Gasteiger partial charge >= 0.3 is 0 Å². The van der Waals surface area contributed by atoms with Gasteiger partial charge in [-0.15, -0.1) is 0 Å². The zero-order valence-corrected chi connectivity index (χ0v) is 7.82. The van der Waals surface area contributed by atoms with E-state index in [0.717, 1.165) is 11.3 Å². The Hall–Kier alpha value is -1.51. The van der Waals surface area contributed by atoms with Crippen molar-refractivity contribution in [3.05, 3.63) is 35.8 Å². The summed E-state index contributed by atoms with van der Waals surface area (Å²) >= 11 is 0. The van der Waals surface area contributed by atoms with E-state index < -0.39 is 0 Å². The molecule has 0 saturated heterocycles. The average molecular weight is 176 g/mol. The van der Waals surface area contributed by atoms with E-state index in [1.54, 1.807) is 0 Å². The van der Waals surface area contributed by atoms with Crippen molar-refractivity contribution in [3.8, 4) is 0 Å². The van der Waals surface area contributed by atoms with Crippen LogP contribution in [-0.2, 0) is 6.54 Å². The Morgan fingerprint density at radius 3 is 2.92 bits per heavy atom. The SMILES string of the molecule is CN(C)C=C1Cn2cccc2C1=O. The summed E-state index contributed by atoms with van der Waals surface area (Å²) in [6.07, 6.45) is 3.82. The van der Waals surface area contributed by atoms with Crippen molar-refractivity contribution in [3.63, 3.8) is 0 Å². The van der Waals surface area contributed by atoms with Crippen molar-refractivity contribution in [2.75, 3.05) is 14.1 Å². The fraction of sp³-hybridized carbons (Fsp3) is 0.300. The lowest BCUT2D eigenvalue weighted by atomic mass is 10.2. The minimum absolute atomic E-state index is 0.152. The standard InChI is InChI=1S/C10H12N2O/c1-11(2)6-8-7-12-5-3-4-9(12)10(8)13/h3-6H,7H2,1-2H3. The topological polar surface area (TPSA) is 25.2 Å². The number of ketones is 1. The maximum Gasteiger partial charge on any atom is 0.208 e. The summed E-state index contributed by atoms with van der Waals surface area (Å²) in [6.45, 7) is 0.708. The predicted octanol–water partition coefficient (Wildman–Crippen LogP) is 1.13. The van der Waals surface area contributed by atoms with Crippen molar-refractivity contribution in [2.24, 2.45) is 0 Å². The Labute approximate surface area is 77.3 Å². The minimum atomic E-state index is 0.152. The van der Waals surface area contributed by atoms with Crippen LogP contribution >= 0.6 is 0 Å². The number of fused-ring (bicyclic) bond motifs is 1. The minimum Gasteiger partial charge on any atom is -0.383 e. The van der Waals surface area contributed by atoms with Gasteiger partial charge in [0.05, 0.1) is 12.2 Å². The van der Waals surface area contributed by atoms with Crippen molar-refractivity contribution < 1.29 is 4.79 Å². The highest BCUT2D eigenvalue weighted by Crippen LogP contribution is 2.19. The second kappa shape index (κ2) is 2.76. The smallest absolute Gasteiger partial charge is 0.208 e. The molecule has 68 valence electrons. The second-order valence-electron chi connectivity index (χ2n) is 3.47. The molecule has 3 nitrogen and oxygen atoms in total. The van der Waals surface area contributed by atoms with Crippen molar-refractivity contribution in [1.82, 2.24) is 9.47 Å². The monoisotopic (exact) mass is 176 g/mol. The molecule has 0 aromatic carbocycles. The molecule has 3 heteroatoms. The molecule has 2 rings (SSSR count). The number of carbonyl (C=O) groups excluding carboxylic acids is 1. The van der Waals surface area contributed by atoms with Gasteiger partial charge < -0.3 is 9.47 Å². The first-order chi connectivity index (χ1) is 6.18. The van der Waals surface area contributed by atoms with Crippen LogP contribution in [0.25, 0.3) is 0 Å². The molecular formula is C10H12N2O. The first kappa shape index (κ1) is 8.10. The van der Waals surface area contributed by atoms with E-state index in [1.165, 1.54) is 0 Å². The van der Waals surface area contributed by atoms with Crippen LogP contribution in [0.5, 0.6) is 0 Å². The van der Waals surface area contributed by atoms with Gasteiger partial charge in [-0.05, 0) is 12.1 Å². The van der Waals surface area contributed by atoms with Crippen molar-refractivity contribution >= 4 is 5.78 Å². The second-order valence-corrected chi connectivity index (χ2v) is 3.47. The summed E-state index contributed by atoms with van der Waals surface area (Å²) < 4.78 is 1.97. The molecule has 0 N–H and O–H groups in total. The summed E-state index contributed by atoms with van der Waals surface area (Å²) in [5.74, 6) is 0.152. The van der Waals surface area contributed by atoms with Crippen LogP contribution < -0.4 is 0 Å². The fourth-order valence-corrected chi connectivity index (χ4v) is 1.59. The lowest BCUT2D eigenvalue weighted by molar-refractivity contribution is 0.103. The van der Waals surface area contributed by atoms with E-state index in [9.17, 15) is 4.79 Å². The maximum absolute atomic E-state index is 11.7. The number of hydrogen-bond donors (Lipinski definition) is 0. The van der Waals surface area contributed by atoms with E-state index in [4.69, 9.17) is 0 Å². The molecule has 0 aliphatic carbocycles. The Morgan fingerprint density at radius 1 is 1.54 bits per heavy atom. The van der Waals surface area contributed by atoms with Gasteiger partial charge in [-0.2, -0.15) is 0 Å². The Balaban J connectivity index is 2.34. The molecular weight excluding hydrogens is 164 g/mol. The van der Waals surface area contributed by atoms with E-state index in [0.29, 0.717) is 6.54 Å². The van der Waals surface area contributed by atoms with Gasteiger partial charge in [-0.1, -0.05) is 0 Å². The summed E-state index contributed by atoms with van der Waals surface area (Å²) in [5.41, 5.74) is 1.66. The number of hydrogen-bond acceptors (Lipinski definition) is 2. The zero-order chi connectivity index (χ0) is 9.42. The van der Waals surface area contributed by atoms with Gasteiger partial charge in [0.25, 0.3) is 0 Å². The predicted molar refractivity (Wildman–Crippen MR) is 50.5 cm³/mol. The van der Waals surface area contributed by atoms with Gasteiger partial charge in [-0.25, -0.2) is 0 Å². The molecule has 0 bridgehead atoms. The zero-order valence-electron chi connectivity index (χ0n) is 7.82. The Kier molecular flexibility index (Phi) is 1.72. The highest BCUT2D eigenvalue weighted by atomic mass is 16.1. The van der Waals surface area contributed by atoms with Gasteiger partial charge in [0.2, 0.25) is 5.78 Å². The summed E-state index contributed by atoms with van der Waals surface area (Å²) in [4.78, 5) is 13.6. The summed E-state index contributed by atoms with van der Waals surface area (Å²) in [7, 11) is 3.85. The molecule has 0 unspecified atom stereocenters. The molecule has 0 atom stereocenters. The molecule has 0 fully saturated rings. The van der Waals surface area contributed by atoms with Gasteiger partial charge in [0.15, 0.2) is 0 Å². The van der Waals surface area contributed by atoms with Crippen molar-refractivity contribution in [2.45, 2.75) is 6.54 Å². The molecule has 2 heterocycles. The van der Waals surface area contributed by atoms with Gasteiger partial charge in [-0.3, -0.25) is 4.79 Å². The quantitative estimate of drug-likeness (QED) is 0.599. The molecule has 13 heavy (non-hydrogen) atoms. The molecule has 0 radical (unpaired) electrons. The summed E-state index contributed by atoms with van der Waals surface area (Å²) in [5, 5.41) is 0. The van der Waals surface area contributed by atoms with Crippen LogP contribution in [0.3, 0.4) is 0 Å². The van der Waals surface area contributed by atoms with E-state index in [1.807, 2.05) is 48.1 Å². The largest absolute Gasteiger partial charge is 0.383 e.